The Kier molecular flexibility index (Phi) is 1.63. The Labute approximate surface area is 69.0 Å². The van der Waals surface area contributed by atoms with Crippen molar-refractivity contribution in [2.45, 2.75) is 32.6 Å². The predicted octanol–water partition coefficient (Wildman–Crippen LogP) is 3.31. The fourth-order valence-corrected chi connectivity index (χ4v) is 2.36. The van der Waals surface area contributed by atoms with Crippen molar-refractivity contribution in [3.63, 3.8) is 0 Å². The van der Waals surface area contributed by atoms with Crippen molar-refractivity contribution in [2.24, 2.45) is 11.3 Å². The van der Waals surface area contributed by atoms with Crippen LogP contribution in [0.15, 0.2) is 24.3 Å². The van der Waals surface area contributed by atoms with E-state index in [1.54, 1.807) is 0 Å². The third kappa shape index (κ3) is 1.15. The molecule has 0 unspecified atom stereocenters. The van der Waals surface area contributed by atoms with Crippen LogP contribution < -0.4 is 0 Å². The van der Waals surface area contributed by atoms with Gasteiger partial charge in [0.25, 0.3) is 0 Å². The summed E-state index contributed by atoms with van der Waals surface area (Å²) in [6.45, 7) is 2.36. The zero-order chi connectivity index (χ0) is 7.73. The lowest BCUT2D eigenvalue weighted by Crippen LogP contribution is -2.27. The van der Waals surface area contributed by atoms with Crippen LogP contribution in [-0.4, -0.2) is 0 Å². The maximum absolute atomic E-state index is 2.40. The molecule has 0 spiro atoms. The van der Waals surface area contributed by atoms with Crippen LogP contribution in [0.1, 0.15) is 32.6 Å². The molecule has 2 aliphatic carbocycles. The molecule has 0 amide bonds. The van der Waals surface area contributed by atoms with Crippen molar-refractivity contribution < 1.29 is 0 Å². The predicted molar refractivity (Wildman–Crippen MR) is 48.3 cm³/mol. The lowest BCUT2D eigenvalue weighted by Gasteiger charge is -2.38. The molecule has 0 heterocycles. The van der Waals surface area contributed by atoms with Gasteiger partial charge in [-0.05, 0) is 31.6 Å². The van der Waals surface area contributed by atoms with E-state index in [0.717, 1.165) is 5.92 Å². The fraction of sp³-hybridized carbons (Fsp3) is 0.636. The van der Waals surface area contributed by atoms with Crippen molar-refractivity contribution in [3.8, 4) is 0 Å². The average Bonchev–Trinajstić information content (AvgIpc) is 2.03. The van der Waals surface area contributed by atoms with Crippen molar-refractivity contribution in [2.75, 3.05) is 0 Å². The largest absolute Gasteiger partial charge is 0.0877 e. The minimum Gasteiger partial charge on any atom is -0.0877 e. The summed E-state index contributed by atoms with van der Waals surface area (Å²) in [7, 11) is 0. The molecule has 0 bridgehead atoms. The van der Waals surface area contributed by atoms with Gasteiger partial charge in [0.2, 0.25) is 0 Å². The first-order valence-corrected chi connectivity index (χ1v) is 4.67. The summed E-state index contributed by atoms with van der Waals surface area (Å²) in [6.07, 6.45) is 14.9. The third-order valence-corrected chi connectivity index (χ3v) is 3.20. The second-order valence-corrected chi connectivity index (χ2v) is 4.02. The van der Waals surface area contributed by atoms with Gasteiger partial charge in [-0.15, -0.1) is 0 Å². The molecule has 0 aromatic heterocycles. The minimum atomic E-state index is 0.413. The lowest BCUT2D eigenvalue weighted by molar-refractivity contribution is 0.262. The number of hydrogen-bond acceptors (Lipinski definition) is 0. The van der Waals surface area contributed by atoms with E-state index in [2.05, 4.69) is 31.2 Å². The van der Waals surface area contributed by atoms with E-state index in [1.807, 2.05) is 0 Å². The van der Waals surface area contributed by atoms with Gasteiger partial charge >= 0.3 is 0 Å². The molecule has 0 fully saturated rings. The molecule has 0 atom stereocenters. The molecule has 2 aliphatic rings. The van der Waals surface area contributed by atoms with Gasteiger partial charge in [0, 0.05) is 5.41 Å². The number of hydrogen-bond donors (Lipinski definition) is 0. The Morgan fingerprint density at radius 3 is 2.09 bits per heavy atom. The van der Waals surface area contributed by atoms with E-state index in [4.69, 9.17) is 0 Å². The summed E-state index contributed by atoms with van der Waals surface area (Å²) in [5.74, 6) is 0.928. The summed E-state index contributed by atoms with van der Waals surface area (Å²) in [4.78, 5) is 0. The van der Waals surface area contributed by atoms with Gasteiger partial charge in [-0.1, -0.05) is 31.2 Å². The molecule has 0 aliphatic heterocycles. The fourth-order valence-electron chi connectivity index (χ4n) is 2.36. The van der Waals surface area contributed by atoms with E-state index in [-0.39, 0.29) is 0 Å². The van der Waals surface area contributed by atoms with Crippen LogP contribution in [0.4, 0.5) is 0 Å². The summed E-state index contributed by atoms with van der Waals surface area (Å²) in [6, 6.07) is 0. The van der Waals surface area contributed by atoms with E-state index >= 15 is 0 Å². The molecule has 0 nitrogen and oxygen atoms in total. The highest BCUT2D eigenvalue weighted by atomic mass is 14.4. The summed E-state index contributed by atoms with van der Waals surface area (Å²) >= 11 is 0. The zero-order valence-corrected chi connectivity index (χ0v) is 7.22. The highest BCUT2D eigenvalue weighted by Gasteiger charge is 2.32. The molecular weight excluding hydrogens is 132 g/mol. The first-order chi connectivity index (χ1) is 5.31. The Bertz CT molecular complexity index is 180. The number of fused-ring (bicyclic) bond motifs is 1. The molecular formula is C11H16. The van der Waals surface area contributed by atoms with Crippen molar-refractivity contribution in [1.29, 1.82) is 0 Å². The molecule has 0 saturated heterocycles. The Balaban J connectivity index is 2.29. The van der Waals surface area contributed by atoms with Gasteiger partial charge in [0.05, 0.1) is 0 Å². The average molecular weight is 148 g/mol. The minimum absolute atomic E-state index is 0.413. The molecule has 60 valence electrons. The second-order valence-electron chi connectivity index (χ2n) is 4.02. The van der Waals surface area contributed by atoms with Gasteiger partial charge in [0.15, 0.2) is 0 Å². The van der Waals surface area contributed by atoms with E-state index in [1.165, 1.54) is 25.7 Å². The molecule has 2 rings (SSSR count). The van der Waals surface area contributed by atoms with Crippen molar-refractivity contribution in [3.05, 3.63) is 24.3 Å². The first-order valence-electron chi connectivity index (χ1n) is 4.67. The first kappa shape index (κ1) is 7.15. The second kappa shape index (κ2) is 2.51. The molecule has 11 heavy (non-hydrogen) atoms. The molecule has 0 N–H and O–H groups in total. The topological polar surface area (TPSA) is 0 Å². The summed E-state index contributed by atoms with van der Waals surface area (Å²) in [5, 5.41) is 0. The molecule has 0 saturated carbocycles. The highest BCUT2D eigenvalue weighted by molar-refractivity contribution is 5.17. The maximum atomic E-state index is 2.40. The van der Waals surface area contributed by atoms with Gasteiger partial charge < -0.3 is 0 Å². The van der Waals surface area contributed by atoms with Crippen LogP contribution in [0, 0.1) is 11.3 Å². The van der Waals surface area contributed by atoms with Crippen molar-refractivity contribution in [1.82, 2.24) is 0 Å². The van der Waals surface area contributed by atoms with Gasteiger partial charge in [0.1, 0.15) is 0 Å². The van der Waals surface area contributed by atoms with Gasteiger partial charge in [-0.2, -0.15) is 0 Å². The molecule has 0 heteroatoms. The van der Waals surface area contributed by atoms with E-state index < -0.39 is 0 Å². The van der Waals surface area contributed by atoms with Crippen molar-refractivity contribution >= 4 is 0 Å². The Hall–Kier alpha value is -0.520. The van der Waals surface area contributed by atoms with Crippen LogP contribution in [0.3, 0.4) is 0 Å². The standard InChI is InChI=1S/C11H16/c1-11-8-4-2-6-10(11)7-3-5-9-11/h4-5,8-10H,2-3,6-7H2,1H3. The third-order valence-electron chi connectivity index (χ3n) is 3.20. The van der Waals surface area contributed by atoms with Crippen LogP contribution >= 0.6 is 0 Å². The van der Waals surface area contributed by atoms with Gasteiger partial charge in [-0.25, -0.2) is 0 Å². The zero-order valence-electron chi connectivity index (χ0n) is 7.22. The van der Waals surface area contributed by atoms with E-state index in [0.29, 0.717) is 5.41 Å². The number of rotatable bonds is 0. The molecule has 0 aromatic carbocycles. The lowest BCUT2D eigenvalue weighted by atomic mass is 9.67. The van der Waals surface area contributed by atoms with Crippen LogP contribution in [0.2, 0.25) is 0 Å². The van der Waals surface area contributed by atoms with Gasteiger partial charge in [-0.3, -0.25) is 0 Å². The Morgan fingerprint density at radius 2 is 1.64 bits per heavy atom. The SMILES string of the molecule is CC12C=CCCC1CCC=C2. The quantitative estimate of drug-likeness (QED) is 0.462. The van der Waals surface area contributed by atoms with E-state index in [9.17, 15) is 0 Å². The van der Waals surface area contributed by atoms with Crippen LogP contribution in [0.25, 0.3) is 0 Å². The number of allylic oxidation sites excluding steroid dienone is 4. The summed E-state index contributed by atoms with van der Waals surface area (Å²) in [5.41, 5.74) is 0.413. The molecule has 0 radical (unpaired) electrons. The normalized spacial score (nSPS) is 42.1. The Morgan fingerprint density at radius 1 is 1.09 bits per heavy atom. The maximum Gasteiger partial charge on any atom is 0.00611 e. The summed E-state index contributed by atoms with van der Waals surface area (Å²) < 4.78 is 0. The highest BCUT2D eigenvalue weighted by Crippen LogP contribution is 2.43. The van der Waals surface area contributed by atoms with Crippen LogP contribution in [-0.2, 0) is 0 Å². The monoisotopic (exact) mass is 148 g/mol. The van der Waals surface area contributed by atoms with Crippen LogP contribution in [0.5, 0.6) is 0 Å². The smallest absolute Gasteiger partial charge is 0.00611 e. The molecule has 0 aromatic rings.